The SMILES string of the molecule is COc1ccc(N(Cc2ccco2)C(=O)CN)cc1. The molecule has 0 unspecified atom stereocenters. The zero-order chi connectivity index (χ0) is 13.7. The molecule has 0 spiro atoms. The Morgan fingerprint density at radius 2 is 2.05 bits per heavy atom. The Kier molecular flexibility index (Phi) is 4.20. The number of hydrogen-bond donors (Lipinski definition) is 1. The van der Waals surface area contributed by atoms with E-state index in [0.717, 1.165) is 11.4 Å². The van der Waals surface area contributed by atoms with Crippen LogP contribution in [0.1, 0.15) is 5.76 Å². The van der Waals surface area contributed by atoms with Crippen LogP contribution in [0, 0.1) is 0 Å². The second-order valence-electron chi connectivity index (χ2n) is 3.96. The van der Waals surface area contributed by atoms with Crippen LogP contribution in [0.3, 0.4) is 0 Å². The predicted molar refractivity (Wildman–Crippen MR) is 71.9 cm³/mol. The highest BCUT2D eigenvalue weighted by atomic mass is 16.5. The van der Waals surface area contributed by atoms with Crippen molar-refractivity contribution in [3.8, 4) is 5.75 Å². The van der Waals surface area contributed by atoms with Crippen LogP contribution in [0.2, 0.25) is 0 Å². The molecule has 0 bridgehead atoms. The van der Waals surface area contributed by atoms with Crippen LogP contribution < -0.4 is 15.4 Å². The quantitative estimate of drug-likeness (QED) is 0.889. The molecular formula is C14H16N2O3. The summed E-state index contributed by atoms with van der Waals surface area (Å²) >= 11 is 0. The number of nitrogens with zero attached hydrogens (tertiary/aromatic N) is 1. The molecule has 1 aromatic carbocycles. The van der Waals surface area contributed by atoms with E-state index in [-0.39, 0.29) is 12.5 Å². The molecule has 1 heterocycles. The monoisotopic (exact) mass is 260 g/mol. The Balaban J connectivity index is 2.23. The highest BCUT2D eigenvalue weighted by Crippen LogP contribution is 2.21. The summed E-state index contributed by atoms with van der Waals surface area (Å²) in [6, 6.07) is 10.8. The number of rotatable bonds is 5. The molecular weight excluding hydrogens is 244 g/mol. The first-order valence-electron chi connectivity index (χ1n) is 5.91. The number of furan rings is 1. The first kappa shape index (κ1) is 13.2. The number of hydrogen-bond acceptors (Lipinski definition) is 4. The minimum atomic E-state index is -0.165. The fraction of sp³-hybridized carbons (Fsp3) is 0.214. The van der Waals surface area contributed by atoms with E-state index in [2.05, 4.69) is 0 Å². The van der Waals surface area contributed by atoms with E-state index in [1.165, 1.54) is 0 Å². The number of amides is 1. The van der Waals surface area contributed by atoms with Crippen molar-refractivity contribution in [2.75, 3.05) is 18.6 Å². The van der Waals surface area contributed by atoms with Crippen molar-refractivity contribution < 1.29 is 13.9 Å². The second kappa shape index (κ2) is 6.06. The summed E-state index contributed by atoms with van der Waals surface area (Å²) in [5.41, 5.74) is 6.21. The van der Waals surface area contributed by atoms with Crippen LogP contribution in [0.4, 0.5) is 5.69 Å². The number of methoxy groups -OCH3 is 1. The van der Waals surface area contributed by atoms with Gasteiger partial charge in [-0.05, 0) is 36.4 Å². The summed E-state index contributed by atoms with van der Waals surface area (Å²) in [5, 5.41) is 0. The Hall–Kier alpha value is -2.27. The van der Waals surface area contributed by atoms with E-state index in [1.54, 1.807) is 36.5 Å². The molecule has 5 nitrogen and oxygen atoms in total. The van der Waals surface area contributed by atoms with Gasteiger partial charge in [0, 0.05) is 5.69 Å². The third-order valence-electron chi connectivity index (χ3n) is 2.75. The molecule has 0 aliphatic carbocycles. The molecule has 2 N–H and O–H groups in total. The summed E-state index contributed by atoms with van der Waals surface area (Å²) in [6.07, 6.45) is 1.58. The number of nitrogens with two attached hydrogens (primary N) is 1. The molecule has 0 fully saturated rings. The molecule has 0 aliphatic rings. The van der Waals surface area contributed by atoms with E-state index in [9.17, 15) is 4.79 Å². The topological polar surface area (TPSA) is 68.7 Å². The lowest BCUT2D eigenvalue weighted by molar-refractivity contribution is -0.117. The van der Waals surface area contributed by atoms with Crippen molar-refractivity contribution in [1.29, 1.82) is 0 Å². The lowest BCUT2D eigenvalue weighted by atomic mass is 10.2. The molecule has 0 aliphatic heterocycles. The van der Waals surface area contributed by atoms with Crippen molar-refractivity contribution in [3.05, 3.63) is 48.4 Å². The molecule has 1 amide bonds. The van der Waals surface area contributed by atoms with Crippen LogP contribution in [0.15, 0.2) is 47.1 Å². The largest absolute Gasteiger partial charge is 0.497 e. The summed E-state index contributed by atoms with van der Waals surface area (Å²) < 4.78 is 10.4. The van der Waals surface area contributed by atoms with Crippen LogP contribution in [-0.4, -0.2) is 19.6 Å². The number of anilines is 1. The van der Waals surface area contributed by atoms with E-state index in [0.29, 0.717) is 12.3 Å². The first-order chi connectivity index (χ1) is 9.24. The Morgan fingerprint density at radius 1 is 1.32 bits per heavy atom. The van der Waals surface area contributed by atoms with E-state index >= 15 is 0 Å². The van der Waals surface area contributed by atoms with E-state index in [4.69, 9.17) is 14.9 Å². The van der Waals surface area contributed by atoms with Crippen LogP contribution in [-0.2, 0) is 11.3 Å². The van der Waals surface area contributed by atoms with Crippen molar-refractivity contribution in [2.45, 2.75) is 6.54 Å². The van der Waals surface area contributed by atoms with Gasteiger partial charge in [0.2, 0.25) is 5.91 Å². The minimum absolute atomic E-state index is 0.0489. The Morgan fingerprint density at radius 3 is 2.58 bits per heavy atom. The lowest BCUT2D eigenvalue weighted by Crippen LogP contribution is -2.35. The summed E-state index contributed by atoms with van der Waals surface area (Å²) in [6.45, 7) is 0.308. The van der Waals surface area contributed by atoms with Gasteiger partial charge in [0.15, 0.2) is 0 Å². The van der Waals surface area contributed by atoms with Gasteiger partial charge in [0.05, 0.1) is 26.5 Å². The number of benzene rings is 1. The number of carbonyl (C=O) groups excluding carboxylic acids is 1. The smallest absolute Gasteiger partial charge is 0.241 e. The summed E-state index contributed by atoms with van der Waals surface area (Å²) in [7, 11) is 1.60. The third-order valence-corrected chi connectivity index (χ3v) is 2.75. The van der Waals surface area contributed by atoms with Gasteiger partial charge >= 0.3 is 0 Å². The second-order valence-corrected chi connectivity index (χ2v) is 3.96. The molecule has 0 saturated carbocycles. The van der Waals surface area contributed by atoms with Gasteiger partial charge in [-0.25, -0.2) is 0 Å². The minimum Gasteiger partial charge on any atom is -0.497 e. The van der Waals surface area contributed by atoms with Crippen molar-refractivity contribution in [1.82, 2.24) is 0 Å². The van der Waals surface area contributed by atoms with Crippen LogP contribution in [0.25, 0.3) is 0 Å². The third kappa shape index (κ3) is 3.14. The Labute approximate surface area is 111 Å². The Bertz CT molecular complexity index is 520. The van der Waals surface area contributed by atoms with Crippen molar-refractivity contribution in [2.24, 2.45) is 5.73 Å². The normalized spacial score (nSPS) is 10.2. The highest BCUT2D eigenvalue weighted by molar-refractivity contribution is 5.94. The van der Waals surface area contributed by atoms with E-state index in [1.807, 2.05) is 18.2 Å². The van der Waals surface area contributed by atoms with Gasteiger partial charge < -0.3 is 19.8 Å². The lowest BCUT2D eigenvalue weighted by Gasteiger charge is -2.21. The highest BCUT2D eigenvalue weighted by Gasteiger charge is 2.16. The summed E-state index contributed by atoms with van der Waals surface area (Å²) in [5.74, 6) is 1.28. The fourth-order valence-electron chi connectivity index (χ4n) is 1.75. The van der Waals surface area contributed by atoms with Gasteiger partial charge in [0.1, 0.15) is 11.5 Å². The summed E-state index contributed by atoms with van der Waals surface area (Å²) in [4.78, 5) is 13.5. The molecule has 19 heavy (non-hydrogen) atoms. The predicted octanol–water partition coefficient (Wildman–Crippen LogP) is 1.78. The first-order valence-corrected chi connectivity index (χ1v) is 5.91. The zero-order valence-electron chi connectivity index (χ0n) is 10.7. The molecule has 0 saturated heterocycles. The van der Waals surface area contributed by atoms with Crippen LogP contribution >= 0.6 is 0 Å². The van der Waals surface area contributed by atoms with Gasteiger partial charge in [-0.2, -0.15) is 0 Å². The molecule has 2 aromatic rings. The molecule has 5 heteroatoms. The number of carbonyl (C=O) groups is 1. The van der Waals surface area contributed by atoms with Gasteiger partial charge in [0.25, 0.3) is 0 Å². The average molecular weight is 260 g/mol. The fourth-order valence-corrected chi connectivity index (χ4v) is 1.75. The molecule has 0 radical (unpaired) electrons. The average Bonchev–Trinajstić information content (AvgIpc) is 2.97. The van der Waals surface area contributed by atoms with Crippen molar-refractivity contribution in [3.63, 3.8) is 0 Å². The number of ether oxygens (including phenoxy) is 1. The van der Waals surface area contributed by atoms with Crippen LogP contribution in [0.5, 0.6) is 5.75 Å². The molecule has 100 valence electrons. The van der Waals surface area contributed by atoms with Crippen molar-refractivity contribution >= 4 is 11.6 Å². The maximum absolute atomic E-state index is 11.9. The molecule has 1 aromatic heterocycles. The van der Waals surface area contributed by atoms with E-state index < -0.39 is 0 Å². The van der Waals surface area contributed by atoms with Gasteiger partial charge in [-0.15, -0.1) is 0 Å². The molecule has 2 rings (SSSR count). The maximum atomic E-state index is 11.9. The molecule has 0 atom stereocenters. The standard InChI is InChI=1S/C14H16N2O3/c1-18-12-6-4-11(5-7-12)16(14(17)9-15)10-13-3-2-8-19-13/h2-8H,9-10,15H2,1H3. The van der Waals surface area contributed by atoms with Gasteiger partial charge in [-0.3, -0.25) is 4.79 Å². The zero-order valence-corrected chi connectivity index (χ0v) is 10.7. The van der Waals surface area contributed by atoms with Gasteiger partial charge in [-0.1, -0.05) is 0 Å². The maximum Gasteiger partial charge on any atom is 0.241 e.